The van der Waals surface area contributed by atoms with Crippen LogP contribution in [0.3, 0.4) is 0 Å². The molecule has 8 nitrogen and oxygen atoms in total. The van der Waals surface area contributed by atoms with E-state index in [-0.39, 0.29) is 24.3 Å². The van der Waals surface area contributed by atoms with E-state index >= 15 is 0 Å². The van der Waals surface area contributed by atoms with Gasteiger partial charge in [-0.25, -0.2) is 0 Å². The molecular weight excluding hydrogens is 659 g/mol. The molecule has 5 aromatic carbocycles. The van der Waals surface area contributed by atoms with Crippen molar-refractivity contribution in [2.75, 3.05) is 19.6 Å². The van der Waals surface area contributed by atoms with E-state index in [0.717, 1.165) is 45.5 Å². The van der Waals surface area contributed by atoms with E-state index in [1.165, 1.54) is 22.7 Å². The molecule has 8 heteroatoms. The van der Waals surface area contributed by atoms with Crippen LogP contribution in [-0.2, 0) is 33.9 Å². The van der Waals surface area contributed by atoms with Gasteiger partial charge in [0.1, 0.15) is 0 Å². The molecule has 0 aliphatic heterocycles. The first kappa shape index (κ1) is 38.9. The van der Waals surface area contributed by atoms with Crippen LogP contribution in [0.5, 0.6) is 0 Å². The predicted molar refractivity (Wildman–Crippen MR) is 215 cm³/mol. The maximum Gasteiger partial charge on any atom is 0.265 e. The van der Waals surface area contributed by atoms with E-state index < -0.39 is 11.9 Å². The predicted octanol–water partition coefficient (Wildman–Crippen LogP) is 7.31. The number of unbranched alkanes of at least 4 members (excludes halogenated alkanes) is 1. The van der Waals surface area contributed by atoms with Crippen LogP contribution in [0.4, 0.5) is 0 Å². The topological polar surface area (TPSA) is 108 Å². The number of fused-ring (bicyclic) bond motifs is 2. The van der Waals surface area contributed by atoms with Crippen molar-refractivity contribution in [1.82, 2.24) is 20.7 Å². The van der Waals surface area contributed by atoms with Crippen LogP contribution in [0.25, 0.3) is 21.5 Å². The van der Waals surface area contributed by atoms with Crippen LogP contribution in [0.2, 0.25) is 0 Å². The van der Waals surface area contributed by atoms with Gasteiger partial charge in [0.25, 0.3) is 11.8 Å². The van der Waals surface area contributed by atoms with Gasteiger partial charge in [-0.1, -0.05) is 129 Å². The molecule has 0 saturated heterocycles. The number of aryl methyl sites for hydroxylation is 1. The minimum Gasteiger partial charge on any atom is -0.330 e. The summed E-state index contributed by atoms with van der Waals surface area (Å²) in [6, 6.07) is 38.3. The zero-order valence-corrected chi connectivity index (χ0v) is 31.0. The van der Waals surface area contributed by atoms with Gasteiger partial charge in [0.15, 0.2) is 0 Å². The lowest BCUT2D eigenvalue weighted by Crippen LogP contribution is -2.53. The zero-order chi connectivity index (χ0) is 37.4. The van der Waals surface area contributed by atoms with E-state index in [2.05, 4.69) is 73.1 Å². The Balaban J connectivity index is 1.32. The second kappa shape index (κ2) is 20.1. The molecule has 0 aliphatic carbocycles. The molecule has 0 fully saturated rings. The number of benzene rings is 5. The first-order valence-electron chi connectivity index (χ1n) is 18.8. The molecule has 0 aromatic heterocycles. The monoisotopic (exact) mass is 711 g/mol. The third-order valence-electron chi connectivity index (χ3n) is 9.41. The summed E-state index contributed by atoms with van der Waals surface area (Å²) in [6.45, 7) is 6.27. The van der Waals surface area contributed by atoms with Gasteiger partial charge in [-0.3, -0.25) is 24.8 Å². The Hall–Kier alpha value is -5.31. The first-order chi connectivity index (χ1) is 25.8. The molecule has 0 aliphatic rings. The lowest BCUT2D eigenvalue weighted by atomic mass is 10.0. The summed E-state index contributed by atoms with van der Waals surface area (Å²) in [5.41, 5.74) is 11.9. The van der Waals surface area contributed by atoms with Gasteiger partial charge in [-0.05, 0) is 89.3 Å². The van der Waals surface area contributed by atoms with Crippen LogP contribution in [-0.4, -0.2) is 53.3 Å². The highest BCUT2D eigenvalue weighted by Crippen LogP contribution is 2.24. The van der Waals surface area contributed by atoms with Crippen molar-refractivity contribution in [3.05, 3.63) is 144 Å². The minimum absolute atomic E-state index is 0.265. The summed E-state index contributed by atoms with van der Waals surface area (Å²) in [4.78, 5) is 43.2. The summed E-state index contributed by atoms with van der Waals surface area (Å²) in [7, 11) is 0. The van der Waals surface area contributed by atoms with Crippen LogP contribution in [0, 0.1) is 5.92 Å². The normalized spacial score (nSPS) is 12.0. The van der Waals surface area contributed by atoms with E-state index in [0.29, 0.717) is 45.4 Å². The highest BCUT2D eigenvalue weighted by Gasteiger charge is 2.23. The smallest absolute Gasteiger partial charge is 0.265 e. The van der Waals surface area contributed by atoms with Gasteiger partial charge in [0.2, 0.25) is 5.91 Å². The molecule has 0 saturated carbocycles. The molecule has 53 heavy (non-hydrogen) atoms. The van der Waals surface area contributed by atoms with Crippen molar-refractivity contribution in [2.45, 2.75) is 65.1 Å². The molecule has 5 aromatic rings. The van der Waals surface area contributed by atoms with Gasteiger partial charge in [-0.2, -0.15) is 0 Å². The van der Waals surface area contributed by atoms with E-state index in [1.807, 2.05) is 66.7 Å². The molecule has 0 heterocycles. The summed E-state index contributed by atoms with van der Waals surface area (Å²) in [5, 5.41) is 9.08. The number of nitrogens with two attached hydrogens (primary N) is 1. The van der Waals surface area contributed by atoms with E-state index in [9.17, 15) is 14.4 Å². The molecular formula is C45H53N5O3. The number of hydrazine groups is 1. The number of nitrogens with one attached hydrogen (secondary N) is 2. The number of carbonyl (C=O) groups is 3. The van der Waals surface area contributed by atoms with Crippen molar-refractivity contribution < 1.29 is 14.4 Å². The molecule has 0 spiro atoms. The first-order valence-corrected chi connectivity index (χ1v) is 18.8. The Morgan fingerprint density at radius 1 is 0.679 bits per heavy atom. The Bertz CT molecular complexity index is 1880. The number of rotatable bonds is 18. The molecule has 3 amide bonds. The third kappa shape index (κ3) is 11.6. The average Bonchev–Trinajstić information content (AvgIpc) is 3.17. The van der Waals surface area contributed by atoms with Crippen molar-refractivity contribution in [2.24, 2.45) is 11.7 Å². The highest BCUT2D eigenvalue weighted by molar-refractivity contribution is 5.98. The average molecular weight is 712 g/mol. The quantitative estimate of drug-likeness (QED) is 0.0502. The number of carbonyl (C=O) groups excluding carboxylic acids is 3. The van der Waals surface area contributed by atoms with Gasteiger partial charge >= 0.3 is 0 Å². The van der Waals surface area contributed by atoms with E-state index in [1.54, 1.807) is 4.90 Å². The summed E-state index contributed by atoms with van der Waals surface area (Å²) in [5.74, 6) is -0.773. The van der Waals surface area contributed by atoms with Gasteiger partial charge < -0.3 is 16.0 Å². The lowest BCUT2D eigenvalue weighted by molar-refractivity contribution is -0.139. The van der Waals surface area contributed by atoms with Crippen molar-refractivity contribution in [1.29, 1.82) is 0 Å². The van der Waals surface area contributed by atoms with E-state index in [4.69, 9.17) is 5.73 Å². The maximum absolute atomic E-state index is 14.1. The Morgan fingerprint density at radius 3 is 1.85 bits per heavy atom. The minimum atomic E-state index is -0.474. The fourth-order valence-corrected chi connectivity index (χ4v) is 6.64. The van der Waals surface area contributed by atoms with Crippen molar-refractivity contribution >= 4 is 39.3 Å². The zero-order valence-electron chi connectivity index (χ0n) is 31.0. The summed E-state index contributed by atoms with van der Waals surface area (Å²) >= 11 is 0. The third-order valence-corrected chi connectivity index (χ3v) is 9.41. The molecule has 5 rings (SSSR count). The van der Waals surface area contributed by atoms with Crippen LogP contribution >= 0.6 is 0 Å². The largest absolute Gasteiger partial charge is 0.330 e. The Kier molecular flexibility index (Phi) is 14.7. The van der Waals surface area contributed by atoms with Crippen LogP contribution < -0.4 is 16.5 Å². The SMILES string of the molecule is CC(C)CC(NCCCc1ccccc1)C(=O)NN(CCCCN)C(=O)/C=C/C(=O)N(Cc1cccc2ccccc12)Cc1cccc2ccccc12. The van der Waals surface area contributed by atoms with Crippen LogP contribution in [0.15, 0.2) is 127 Å². The fraction of sp³-hybridized carbons (Fsp3) is 0.311. The number of hydrogen-bond donors (Lipinski definition) is 3. The number of amides is 3. The second-order valence-electron chi connectivity index (χ2n) is 14.0. The van der Waals surface area contributed by atoms with Crippen molar-refractivity contribution in [3.8, 4) is 0 Å². The van der Waals surface area contributed by atoms with Crippen molar-refractivity contribution in [3.63, 3.8) is 0 Å². The number of hydrogen-bond acceptors (Lipinski definition) is 5. The summed E-state index contributed by atoms with van der Waals surface area (Å²) < 4.78 is 0. The Labute approximate surface area is 314 Å². The van der Waals surface area contributed by atoms with Gasteiger partial charge in [0.05, 0.1) is 6.04 Å². The molecule has 4 N–H and O–H groups in total. The highest BCUT2D eigenvalue weighted by atomic mass is 16.2. The van der Waals surface area contributed by atoms with Crippen LogP contribution in [0.1, 0.15) is 56.2 Å². The molecule has 276 valence electrons. The molecule has 1 unspecified atom stereocenters. The molecule has 1 atom stereocenters. The number of nitrogens with zero attached hydrogens (tertiary/aromatic N) is 2. The lowest BCUT2D eigenvalue weighted by Gasteiger charge is -2.27. The van der Waals surface area contributed by atoms with Gasteiger partial charge in [0, 0.05) is 31.8 Å². The molecule has 0 radical (unpaired) electrons. The molecule has 0 bridgehead atoms. The fourth-order valence-electron chi connectivity index (χ4n) is 6.64. The second-order valence-corrected chi connectivity index (χ2v) is 14.0. The van der Waals surface area contributed by atoms with Gasteiger partial charge in [-0.15, -0.1) is 0 Å². The maximum atomic E-state index is 14.1. The standard InChI is InChI=1S/C45H53N5O3/c1-34(2)31-42(47-29-14-17-35-15-4-3-5-16-35)45(53)48-50(30-11-10-28-46)44(52)27-26-43(51)49(32-38-22-12-20-36-18-6-8-24-40(36)38)33-39-23-13-21-37-19-7-9-25-41(37)39/h3-9,12-13,15-16,18-27,34,42,47H,10-11,14,17,28-33,46H2,1-2H3,(H,48,53)/b27-26+. The Morgan fingerprint density at radius 2 is 1.25 bits per heavy atom. The summed E-state index contributed by atoms with van der Waals surface area (Å²) in [6.07, 6.45) is 6.31.